The van der Waals surface area contributed by atoms with Gasteiger partial charge in [-0.1, -0.05) is 36.4 Å². The number of aromatic hydroxyl groups is 1. The first kappa shape index (κ1) is 34.3. The highest BCUT2D eigenvalue weighted by molar-refractivity contribution is 7.99. The molecule has 0 radical (unpaired) electrons. The Morgan fingerprint density at radius 3 is 2.58 bits per heavy atom. The Morgan fingerprint density at radius 2 is 1.83 bits per heavy atom. The number of piperazine rings is 1. The molecule has 9 rings (SSSR count). The number of methoxy groups -OCH3 is 1. The van der Waals surface area contributed by atoms with Gasteiger partial charge in [0.2, 0.25) is 12.9 Å². The number of aliphatic hydroxyl groups excluding tert-OH is 1. The highest BCUT2D eigenvalue weighted by Gasteiger charge is 2.58. The second kappa shape index (κ2) is 13.3. The van der Waals surface area contributed by atoms with E-state index in [-0.39, 0.29) is 30.7 Å². The third-order valence-corrected chi connectivity index (χ3v) is 11.8. The fourth-order valence-corrected chi connectivity index (χ4v) is 9.84. The fourth-order valence-electron chi connectivity index (χ4n) is 8.36. The van der Waals surface area contributed by atoms with Gasteiger partial charge in [0.25, 0.3) is 0 Å². The number of aliphatic hydroxyl groups is 1. The fraction of sp³-hybridized carbons (Fsp3) is 0.395. The van der Waals surface area contributed by atoms with Gasteiger partial charge in [-0.05, 0) is 43.0 Å². The zero-order valence-corrected chi connectivity index (χ0v) is 29.7. The van der Waals surface area contributed by atoms with Crippen LogP contribution in [0.1, 0.15) is 63.2 Å². The van der Waals surface area contributed by atoms with Crippen LogP contribution in [0.15, 0.2) is 42.5 Å². The van der Waals surface area contributed by atoms with Crippen molar-refractivity contribution in [3.8, 4) is 28.7 Å². The highest BCUT2D eigenvalue weighted by atomic mass is 32.2. The maximum absolute atomic E-state index is 13.7. The second-order valence-electron chi connectivity index (χ2n) is 13.5. The first-order valence-electron chi connectivity index (χ1n) is 17.0. The number of carbonyl (C=O) groups excluding carboxylic acids is 3. The normalized spacial score (nSPS) is 27.2. The van der Waals surface area contributed by atoms with E-state index in [1.165, 1.54) is 31.9 Å². The summed E-state index contributed by atoms with van der Waals surface area (Å²) in [5.41, 5.74) is 4.77. The minimum absolute atomic E-state index is 0.00602. The monoisotopic (exact) mass is 730 g/mol. The number of fused-ring (bicyclic) bond motifs is 10. The Labute approximate surface area is 303 Å². The van der Waals surface area contributed by atoms with Gasteiger partial charge in [-0.2, -0.15) is 0 Å². The Balaban J connectivity index is 1.28. The average molecular weight is 731 g/mol. The minimum atomic E-state index is -1.29. The van der Waals surface area contributed by atoms with Crippen LogP contribution in [0.2, 0.25) is 0 Å². The number of benzene rings is 3. The summed E-state index contributed by atoms with van der Waals surface area (Å²) in [6.45, 7) is 4.61. The van der Waals surface area contributed by atoms with Crippen LogP contribution in [0.3, 0.4) is 0 Å². The van der Waals surface area contributed by atoms with Gasteiger partial charge in [-0.15, -0.1) is 11.8 Å². The Kier molecular flexibility index (Phi) is 8.80. The van der Waals surface area contributed by atoms with E-state index in [1.807, 2.05) is 48.2 Å². The SMILES string of the molecule is COc1c(C)cc2c(c1O)[C@@H]1N[C@@H](C2)[C@H](O)N2C1[C@@H]1SC[C@H](OC(=O)/C=C/c3ccccc3)C(=O)OC[C@H]2c2c3c(c(C)c(OC(C)=O)c21)OCO3. The molecular weight excluding hydrogens is 692 g/mol. The Hall–Kier alpha value is -4.76. The largest absolute Gasteiger partial charge is 0.504 e. The number of carbonyl (C=O) groups is 3. The van der Waals surface area contributed by atoms with Crippen LogP contribution < -0.4 is 24.3 Å². The molecule has 14 heteroatoms. The predicted octanol–water partition coefficient (Wildman–Crippen LogP) is 3.94. The van der Waals surface area contributed by atoms with Crippen LogP contribution in [0.5, 0.6) is 28.7 Å². The molecule has 2 fully saturated rings. The van der Waals surface area contributed by atoms with Gasteiger partial charge in [-0.3, -0.25) is 9.69 Å². The molecule has 0 amide bonds. The summed E-state index contributed by atoms with van der Waals surface area (Å²) in [5.74, 6) is -0.625. The molecule has 13 nitrogen and oxygen atoms in total. The molecule has 3 N–H and O–H groups in total. The van der Waals surface area contributed by atoms with E-state index in [9.17, 15) is 24.6 Å². The van der Waals surface area contributed by atoms with Gasteiger partial charge in [0.05, 0.1) is 30.5 Å². The summed E-state index contributed by atoms with van der Waals surface area (Å²) < 4.78 is 35.2. The van der Waals surface area contributed by atoms with Crippen molar-refractivity contribution in [3.05, 3.63) is 81.4 Å². The summed E-state index contributed by atoms with van der Waals surface area (Å²) in [5, 5.41) is 26.9. The molecular formula is C38H38N2O11S. The van der Waals surface area contributed by atoms with E-state index in [4.69, 9.17) is 28.4 Å². The number of aryl methyl sites for hydroxylation is 1. The van der Waals surface area contributed by atoms with Crippen molar-refractivity contribution in [3.63, 3.8) is 0 Å². The molecule has 6 aliphatic rings. The summed E-state index contributed by atoms with van der Waals surface area (Å²) in [6.07, 6.45) is 0.904. The maximum atomic E-state index is 13.7. The van der Waals surface area contributed by atoms with Crippen LogP contribution in [0.4, 0.5) is 0 Å². The maximum Gasteiger partial charge on any atom is 0.348 e. The summed E-state index contributed by atoms with van der Waals surface area (Å²) in [6, 6.07) is 8.73. The molecule has 4 bridgehead atoms. The Bertz CT molecular complexity index is 2000. The number of phenolic OH excluding ortho intramolecular Hbond substituents is 1. The van der Waals surface area contributed by atoms with Gasteiger partial charge in [0.15, 0.2) is 23.0 Å². The van der Waals surface area contributed by atoms with Crippen LogP contribution in [-0.2, 0) is 30.3 Å². The van der Waals surface area contributed by atoms with Crippen molar-refractivity contribution in [1.82, 2.24) is 10.2 Å². The van der Waals surface area contributed by atoms with Crippen molar-refractivity contribution in [2.45, 2.75) is 68.9 Å². The molecule has 3 aromatic rings. The summed E-state index contributed by atoms with van der Waals surface area (Å²) >= 11 is 1.29. The van der Waals surface area contributed by atoms with Crippen LogP contribution in [0.25, 0.3) is 6.08 Å². The molecule has 0 aliphatic carbocycles. The van der Waals surface area contributed by atoms with E-state index in [1.54, 1.807) is 13.0 Å². The predicted molar refractivity (Wildman–Crippen MR) is 187 cm³/mol. The molecule has 6 aliphatic heterocycles. The number of thioether (sulfide) groups is 1. The van der Waals surface area contributed by atoms with Gasteiger partial charge in [0, 0.05) is 47.0 Å². The topological polar surface area (TPSA) is 162 Å². The molecule has 0 saturated carbocycles. The first-order chi connectivity index (χ1) is 25.1. The standard InChI is InChI=1S/C38H38N2O11S/c1-17-12-21-13-22-37(44)40-23-14-47-38(45)24(51-25(42)11-10-20-8-6-5-7-9-20)15-52-36(30(40)29(39-22)26(21)31(43)32(17)46-4)28-27(23)35-34(48-16-49-35)18(2)33(28)50-19(3)41/h5-12,22-24,29-30,36-37,39,43-44H,13-16H2,1-4H3/b11-10+/t22-,23-,24-,29-,30?,36+,37-/m0/s1. The number of hydrogen-bond acceptors (Lipinski definition) is 14. The van der Waals surface area contributed by atoms with Crippen molar-refractivity contribution < 1.29 is 53.0 Å². The van der Waals surface area contributed by atoms with Crippen LogP contribution in [0, 0.1) is 13.8 Å². The number of nitrogens with one attached hydrogen (secondary N) is 1. The number of ether oxygens (including phenoxy) is 6. The molecule has 272 valence electrons. The number of phenols is 1. The minimum Gasteiger partial charge on any atom is -0.504 e. The van der Waals surface area contributed by atoms with Gasteiger partial charge in [0.1, 0.15) is 18.6 Å². The van der Waals surface area contributed by atoms with E-state index in [2.05, 4.69) is 5.32 Å². The van der Waals surface area contributed by atoms with Gasteiger partial charge >= 0.3 is 17.9 Å². The lowest BCUT2D eigenvalue weighted by Gasteiger charge is -2.59. The average Bonchev–Trinajstić information content (AvgIpc) is 3.62. The molecule has 6 heterocycles. The van der Waals surface area contributed by atoms with Crippen molar-refractivity contribution in [1.29, 1.82) is 0 Å². The van der Waals surface area contributed by atoms with E-state index in [0.717, 1.165) is 16.7 Å². The lowest BCUT2D eigenvalue weighted by Crippen LogP contribution is -2.69. The van der Waals surface area contributed by atoms with Crippen LogP contribution in [-0.4, -0.2) is 83.7 Å². The van der Waals surface area contributed by atoms with Crippen molar-refractivity contribution in [2.75, 3.05) is 26.3 Å². The lowest BCUT2D eigenvalue weighted by atomic mass is 9.74. The Morgan fingerprint density at radius 1 is 1.06 bits per heavy atom. The second-order valence-corrected chi connectivity index (χ2v) is 14.6. The molecule has 7 atom stereocenters. The van der Waals surface area contributed by atoms with E-state index < -0.39 is 59.7 Å². The molecule has 0 aromatic heterocycles. The zero-order chi connectivity index (χ0) is 36.4. The van der Waals surface area contributed by atoms with E-state index in [0.29, 0.717) is 45.9 Å². The third kappa shape index (κ3) is 5.56. The summed E-state index contributed by atoms with van der Waals surface area (Å²) in [7, 11) is 1.50. The number of hydrogen-bond donors (Lipinski definition) is 3. The van der Waals surface area contributed by atoms with Gasteiger partial charge < -0.3 is 44.0 Å². The van der Waals surface area contributed by atoms with Crippen molar-refractivity contribution in [2.24, 2.45) is 0 Å². The quantitative estimate of drug-likeness (QED) is 0.197. The van der Waals surface area contributed by atoms with Gasteiger partial charge in [-0.25, -0.2) is 9.59 Å². The van der Waals surface area contributed by atoms with Crippen molar-refractivity contribution >= 4 is 35.7 Å². The highest BCUT2D eigenvalue weighted by Crippen LogP contribution is 2.62. The number of esters is 3. The number of rotatable bonds is 5. The zero-order valence-electron chi connectivity index (χ0n) is 28.9. The van der Waals surface area contributed by atoms with E-state index >= 15 is 0 Å². The molecule has 1 unspecified atom stereocenters. The molecule has 0 spiro atoms. The third-order valence-electron chi connectivity index (χ3n) is 10.4. The smallest absolute Gasteiger partial charge is 0.348 e. The van der Waals surface area contributed by atoms with Crippen LogP contribution >= 0.6 is 11.8 Å². The number of nitrogens with zero attached hydrogens (tertiary/aromatic N) is 1. The molecule has 2 saturated heterocycles. The molecule has 52 heavy (non-hydrogen) atoms. The lowest BCUT2D eigenvalue weighted by molar-refractivity contribution is -0.171. The first-order valence-corrected chi connectivity index (χ1v) is 18.1. The molecule has 3 aromatic carbocycles. The summed E-state index contributed by atoms with van der Waals surface area (Å²) in [4.78, 5) is 41.3.